The monoisotopic (exact) mass is 427 g/mol. The Balaban J connectivity index is 1.63. The summed E-state index contributed by atoms with van der Waals surface area (Å²) >= 11 is 0. The third-order valence-corrected chi connectivity index (χ3v) is 7.52. The molecule has 1 aromatic heterocycles. The lowest BCUT2D eigenvalue weighted by molar-refractivity contribution is -0.134. The van der Waals surface area contributed by atoms with E-state index in [0.717, 1.165) is 32.6 Å². The quantitative estimate of drug-likeness (QED) is 0.610. The Morgan fingerprint density at radius 3 is 2.72 bits per heavy atom. The number of hydrogen-bond acceptors (Lipinski definition) is 2. The Hall–Kier alpha value is -2.85. The number of aromatic nitrogens is 1. The molecular weight excluding hydrogens is 394 g/mol. The fourth-order valence-corrected chi connectivity index (χ4v) is 5.81. The molecular formula is C28H33N3O. The van der Waals surface area contributed by atoms with E-state index in [2.05, 4.69) is 92.3 Å². The molecule has 166 valence electrons. The van der Waals surface area contributed by atoms with E-state index in [1.165, 1.54) is 38.7 Å². The van der Waals surface area contributed by atoms with Crippen molar-refractivity contribution < 1.29 is 4.79 Å². The van der Waals surface area contributed by atoms with E-state index in [-0.39, 0.29) is 17.4 Å². The minimum atomic E-state index is -0.146. The van der Waals surface area contributed by atoms with Crippen molar-refractivity contribution in [2.24, 2.45) is 5.92 Å². The van der Waals surface area contributed by atoms with Crippen LogP contribution in [0, 0.1) is 12.8 Å². The molecule has 4 heteroatoms. The van der Waals surface area contributed by atoms with Crippen molar-refractivity contribution in [2.45, 2.75) is 46.2 Å². The SMILES string of the molecule is CCN(CC)C(=O)[C@@H]1C=C2c3cccc4[nH]cc(c34)C[C@@]2(C)N(Cc2cccc(C)c2)C1. The van der Waals surface area contributed by atoms with Gasteiger partial charge in [-0.3, -0.25) is 9.69 Å². The third kappa shape index (κ3) is 3.29. The summed E-state index contributed by atoms with van der Waals surface area (Å²) in [5, 5.41) is 1.32. The van der Waals surface area contributed by atoms with Crippen LogP contribution in [0.3, 0.4) is 0 Å². The summed E-state index contributed by atoms with van der Waals surface area (Å²) in [6.07, 6.45) is 5.42. The van der Waals surface area contributed by atoms with Crippen LogP contribution in [0.4, 0.5) is 0 Å². The van der Waals surface area contributed by atoms with Gasteiger partial charge in [0.15, 0.2) is 0 Å². The van der Waals surface area contributed by atoms with Gasteiger partial charge in [0.2, 0.25) is 5.91 Å². The molecule has 4 nitrogen and oxygen atoms in total. The standard InChI is InChI=1S/C28H33N3O/c1-5-30(6-2)27(32)21-14-24-23-11-8-12-25-26(23)22(16-29-25)15-28(24,4)31(18-21)17-20-10-7-9-19(3)13-20/h7-14,16,21,29H,5-6,15,17-18H2,1-4H3/t21-,28-/m1/s1. The summed E-state index contributed by atoms with van der Waals surface area (Å²) in [5.41, 5.74) is 7.57. The molecule has 5 rings (SSSR count). The molecule has 1 amide bonds. The van der Waals surface area contributed by atoms with E-state index in [1.807, 2.05) is 4.90 Å². The number of carbonyl (C=O) groups excluding carboxylic acids is 1. The van der Waals surface area contributed by atoms with Gasteiger partial charge in [-0.1, -0.05) is 48.0 Å². The van der Waals surface area contributed by atoms with Crippen LogP contribution < -0.4 is 0 Å². The van der Waals surface area contributed by atoms with Crippen LogP contribution >= 0.6 is 0 Å². The highest BCUT2D eigenvalue weighted by atomic mass is 16.2. The Bertz CT molecular complexity index is 1200. The molecule has 0 spiro atoms. The smallest absolute Gasteiger partial charge is 0.230 e. The van der Waals surface area contributed by atoms with Gasteiger partial charge in [-0.15, -0.1) is 0 Å². The predicted octanol–water partition coefficient (Wildman–Crippen LogP) is 5.17. The predicted molar refractivity (Wildman–Crippen MR) is 131 cm³/mol. The maximum absolute atomic E-state index is 13.5. The number of aryl methyl sites for hydroxylation is 1. The summed E-state index contributed by atoms with van der Waals surface area (Å²) in [6, 6.07) is 15.3. The van der Waals surface area contributed by atoms with E-state index in [4.69, 9.17) is 0 Å². The molecule has 0 unspecified atom stereocenters. The van der Waals surface area contributed by atoms with E-state index in [9.17, 15) is 4.79 Å². The van der Waals surface area contributed by atoms with Gasteiger partial charge in [-0.25, -0.2) is 0 Å². The molecule has 0 saturated heterocycles. The third-order valence-electron chi connectivity index (χ3n) is 7.52. The maximum Gasteiger partial charge on any atom is 0.230 e. The second kappa shape index (κ2) is 7.93. The zero-order chi connectivity index (χ0) is 22.5. The van der Waals surface area contributed by atoms with Crippen LogP contribution in [0.2, 0.25) is 0 Å². The minimum Gasteiger partial charge on any atom is -0.361 e. The zero-order valence-electron chi connectivity index (χ0n) is 19.6. The second-order valence-corrected chi connectivity index (χ2v) is 9.56. The molecule has 32 heavy (non-hydrogen) atoms. The summed E-state index contributed by atoms with van der Waals surface area (Å²) in [7, 11) is 0. The van der Waals surface area contributed by atoms with Crippen LogP contribution in [0.1, 0.15) is 43.0 Å². The molecule has 2 heterocycles. The normalized spacial score (nSPS) is 22.5. The number of hydrogen-bond donors (Lipinski definition) is 1. The molecule has 0 bridgehead atoms. The van der Waals surface area contributed by atoms with Crippen LogP contribution in [-0.2, 0) is 17.8 Å². The van der Waals surface area contributed by atoms with Gasteiger partial charge in [-0.2, -0.15) is 0 Å². The Labute approximate surface area is 190 Å². The van der Waals surface area contributed by atoms with Crippen LogP contribution in [0.5, 0.6) is 0 Å². The lowest BCUT2D eigenvalue weighted by Crippen LogP contribution is -2.56. The van der Waals surface area contributed by atoms with Crippen molar-refractivity contribution in [1.82, 2.24) is 14.8 Å². The van der Waals surface area contributed by atoms with Crippen molar-refractivity contribution in [1.29, 1.82) is 0 Å². The number of amides is 1. The molecule has 1 aliphatic carbocycles. The minimum absolute atomic E-state index is 0.126. The first-order chi connectivity index (χ1) is 15.4. The number of aromatic amines is 1. The molecule has 1 aliphatic heterocycles. The van der Waals surface area contributed by atoms with Crippen LogP contribution in [0.25, 0.3) is 16.5 Å². The number of carbonyl (C=O) groups is 1. The molecule has 1 N–H and O–H groups in total. The summed E-state index contributed by atoms with van der Waals surface area (Å²) in [4.78, 5) is 21.5. The summed E-state index contributed by atoms with van der Waals surface area (Å²) in [6.45, 7) is 11.7. The summed E-state index contributed by atoms with van der Waals surface area (Å²) < 4.78 is 0. The highest BCUT2D eigenvalue weighted by Gasteiger charge is 2.46. The van der Waals surface area contributed by atoms with Crippen molar-refractivity contribution in [3.05, 3.63) is 77.0 Å². The van der Waals surface area contributed by atoms with Crippen LogP contribution in [-0.4, -0.2) is 45.9 Å². The fraction of sp³-hybridized carbons (Fsp3) is 0.393. The van der Waals surface area contributed by atoms with Gasteiger partial charge in [0.05, 0.1) is 5.92 Å². The fourth-order valence-electron chi connectivity index (χ4n) is 5.81. The van der Waals surface area contributed by atoms with Gasteiger partial charge < -0.3 is 9.88 Å². The van der Waals surface area contributed by atoms with Gasteiger partial charge in [-0.05, 0) is 62.4 Å². The van der Waals surface area contributed by atoms with Gasteiger partial charge in [0.1, 0.15) is 0 Å². The number of H-pyrrole nitrogens is 1. The molecule has 2 aliphatic rings. The van der Waals surface area contributed by atoms with Gasteiger partial charge in [0, 0.05) is 48.8 Å². The number of nitrogens with one attached hydrogen (secondary N) is 1. The molecule has 3 aromatic rings. The van der Waals surface area contributed by atoms with Gasteiger partial charge in [0.25, 0.3) is 0 Å². The first kappa shape index (κ1) is 21.0. The molecule has 0 fully saturated rings. The van der Waals surface area contributed by atoms with Crippen molar-refractivity contribution in [3.8, 4) is 0 Å². The lowest BCUT2D eigenvalue weighted by atomic mass is 9.70. The number of nitrogens with zero attached hydrogens (tertiary/aromatic N) is 2. The van der Waals surface area contributed by atoms with E-state index in [0.29, 0.717) is 0 Å². The number of fused-ring (bicyclic) bond motifs is 2. The lowest BCUT2D eigenvalue weighted by Gasteiger charge is -2.50. The maximum atomic E-state index is 13.5. The molecule has 0 saturated carbocycles. The molecule has 0 radical (unpaired) electrons. The number of benzene rings is 2. The average Bonchev–Trinajstić information content (AvgIpc) is 3.19. The highest BCUT2D eigenvalue weighted by Crippen LogP contribution is 2.48. The van der Waals surface area contributed by atoms with Gasteiger partial charge >= 0.3 is 0 Å². The topological polar surface area (TPSA) is 39.3 Å². The Morgan fingerprint density at radius 1 is 1.19 bits per heavy atom. The largest absolute Gasteiger partial charge is 0.361 e. The second-order valence-electron chi connectivity index (χ2n) is 9.56. The highest BCUT2D eigenvalue weighted by molar-refractivity contribution is 6.00. The Kier molecular flexibility index (Phi) is 5.21. The average molecular weight is 428 g/mol. The van der Waals surface area contributed by atoms with Crippen molar-refractivity contribution in [2.75, 3.05) is 19.6 Å². The van der Waals surface area contributed by atoms with E-state index in [1.54, 1.807) is 0 Å². The first-order valence-corrected chi connectivity index (χ1v) is 11.9. The first-order valence-electron chi connectivity index (χ1n) is 11.9. The zero-order valence-corrected chi connectivity index (χ0v) is 19.6. The number of rotatable bonds is 5. The van der Waals surface area contributed by atoms with E-state index >= 15 is 0 Å². The van der Waals surface area contributed by atoms with E-state index < -0.39 is 0 Å². The molecule has 2 aromatic carbocycles. The van der Waals surface area contributed by atoms with Crippen molar-refractivity contribution in [3.63, 3.8) is 0 Å². The molecule has 2 atom stereocenters. The Morgan fingerprint density at radius 2 is 1.97 bits per heavy atom. The van der Waals surface area contributed by atoms with Crippen LogP contribution in [0.15, 0.2) is 54.7 Å². The van der Waals surface area contributed by atoms with Crippen molar-refractivity contribution >= 4 is 22.4 Å². The summed E-state index contributed by atoms with van der Waals surface area (Å²) in [5.74, 6) is 0.115.